The van der Waals surface area contributed by atoms with Crippen LogP contribution in [0.15, 0.2) is 67.1 Å². The number of hydrogen-bond acceptors (Lipinski definition) is 4. The Hall–Kier alpha value is -3.59. The predicted molar refractivity (Wildman–Crippen MR) is 107 cm³/mol. The van der Waals surface area contributed by atoms with Crippen LogP contribution in [0, 0.1) is 11.3 Å². The Bertz CT molecular complexity index is 988. The van der Waals surface area contributed by atoms with E-state index in [-0.39, 0.29) is 11.9 Å². The van der Waals surface area contributed by atoms with Crippen molar-refractivity contribution in [3.63, 3.8) is 0 Å². The van der Waals surface area contributed by atoms with E-state index in [1.54, 1.807) is 0 Å². The zero-order chi connectivity index (χ0) is 19.3. The van der Waals surface area contributed by atoms with E-state index in [1.165, 1.54) is 0 Å². The van der Waals surface area contributed by atoms with Crippen LogP contribution in [0.5, 0.6) is 0 Å². The first-order chi connectivity index (χ1) is 13.7. The summed E-state index contributed by atoms with van der Waals surface area (Å²) in [7, 11) is 0. The molecule has 6 heteroatoms. The van der Waals surface area contributed by atoms with Gasteiger partial charge in [0.2, 0.25) is 5.91 Å². The van der Waals surface area contributed by atoms with Gasteiger partial charge in [-0.15, -0.1) is 0 Å². The second-order valence-electron chi connectivity index (χ2n) is 6.88. The predicted octanol–water partition coefficient (Wildman–Crippen LogP) is 2.70. The maximum Gasteiger partial charge on any atom is 0.242 e. The molecule has 0 bridgehead atoms. The number of nitrogens with zero attached hydrogens (tertiary/aromatic N) is 4. The van der Waals surface area contributed by atoms with Gasteiger partial charge in [0, 0.05) is 25.0 Å². The molecule has 1 fully saturated rings. The number of hydrogen-bond donors (Lipinski definition) is 1. The van der Waals surface area contributed by atoms with Gasteiger partial charge in [-0.2, -0.15) is 5.26 Å². The quantitative estimate of drug-likeness (QED) is 0.723. The number of nitrogens with one attached hydrogen (secondary N) is 1. The normalized spacial score (nSPS) is 15.8. The van der Waals surface area contributed by atoms with Crippen molar-refractivity contribution >= 4 is 11.6 Å². The van der Waals surface area contributed by atoms with Gasteiger partial charge in [-0.3, -0.25) is 4.79 Å². The van der Waals surface area contributed by atoms with Gasteiger partial charge in [0.15, 0.2) is 0 Å². The number of carbonyl (C=O) groups is 1. The second kappa shape index (κ2) is 7.97. The third kappa shape index (κ3) is 3.74. The Morgan fingerprint density at radius 2 is 1.96 bits per heavy atom. The van der Waals surface area contributed by atoms with Gasteiger partial charge in [-0.1, -0.05) is 30.3 Å². The number of anilines is 1. The van der Waals surface area contributed by atoms with Crippen LogP contribution in [0.3, 0.4) is 0 Å². The van der Waals surface area contributed by atoms with Crippen molar-refractivity contribution in [1.29, 1.82) is 5.26 Å². The number of benzene rings is 2. The number of rotatable bonds is 6. The van der Waals surface area contributed by atoms with Crippen LogP contribution in [-0.4, -0.2) is 28.0 Å². The molecule has 1 atom stereocenters. The summed E-state index contributed by atoms with van der Waals surface area (Å²) in [6.45, 7) is 1.97. The average molecular weight is 371 g/mol. The summed E-state index contributed by atoms with van der Waals surface area (Å²) < 4.78 is 2.09. The van der Waals surface area contributed by atoms with Crippen molar-refractivity contribution in [2.24, 2.45) is 0 Å². The number of para-hydroxylation sites is 1. The van der Waals surface area contributed by atoms with Gasteiger partial charge in [-0.05, 0) is 36.2 Å². The summed E-state index contributed by atoms with van der Waals surface area (Å²) in [5.74, 6) is 0.0713. The highest BCUT2D eigenvalue weighted by atomic mass is 16.2. The van der Waals surface area contributed by atoms with Crippen LogP contribution >= 0.6 is 0 Å². The smallest absolute Gasteiger partial charge is 0.242 e. The van der Waals surface area contributed by atoms with Crippen LogP contribution in [0.1, 0.15) is 23.2 Å². The summed E-state index contributed by atoms with van der Waals surface area (Å²) in [5, 5.41) is 11.9. The first kappa shape index (κ1) is 17.8. The van der Waals surface area contributed by atoms with Crippen molar-refractivity contribution in [3.05, 3.63) is 83.9 Å². The molecule has 1 N–H and O–H groups in total. The minimum atomic E-state index is -0.180. The van der Waals surface area contributed by atoms with Gasteiger partial charge >= 0.3 is 0 Å². The van der Waals surface area contributed by atoms with Gasteiger partial charge in [-0.25, -0.2) is 4.98 Å². The second-order valence-corrected chi connectivity index (χ2v) is 6.88. The summed E-state index contributed by atoms with van der Waals surface area (Å²) in [5.41, 5.74) is 3.81. The molecular weight excluding hydrogens is 350 g/mol. The molecule has 6 nitrogen and oxygen atoms in total. The van der Waals surface area contributed by atoms with Crippen molar-refractivity contribution < 1.29 is 4.79 Å². The molecule has 28 heavy (non-hydrogen) atoms. The fourth-order valence-corrected chi connectivity index (χ4v) is 3.56. The molecule has 1 saturated heterocycles. The van der Waals surface area contributed by atoms with Crippen LogP contribution in [-0.2, 0) is 17.9 Å². The van der Waals surface area contributed by atoms with E-state index < -0.39 is 0 Å². The molecule has 0 unspecified atom stereocenters. The average Bonchev–Trinajstić information content (AvgIpc) is 3.36. The van der Waals surface area contributed by atoms with Crippen molar-refractivity contribution in [3.8, 4) is 6.07 Å². The van der Waals surface area contributed by atoms with E-state index in [0.29, 0.717) is 25.2 Å². The van der Waals surface area contributed by atoms with Crippen molar-refractivity contribution in [2.75, 3.05) is 11.4 Å². The lowest BCUT2D eigenvalue weighted by molar-refractivity contribution is -0.120. The zero-order valence-corrected chi connectivity index (χ0v) is 15.5. The van der Waals surface area contributed by atoms with Gasteiger partial charge in [0.05, 0.1) is 30.2 Å². The molecular formula is C22H21N5O. The summed E-state index contributed by atoms with van der Waals surface area (Å²) in [6.07, 6.45) is 4.45. The number of carbonyl (C=O) groups excluding carboxylic acids is 1. The maximum atomic E-state index is 12.4. The lowest BCUT2D eigenvalue weighted by Gasteiger charge is -2.29. The van der Waals surface area contributed by atoms with Gasteiger partial charge in [0.25, 0.3) is 0 Å². The SMILES string of the molecule is N#Cc1ccc(Cn2cncc2CN(c2ccccc2)[C@@H]2CCNC2=O)cc1. The molecule has 1 aliphatic heterocycles. The summed E-state index contributed by atoms with van der Waals surface area (Å²) in [6, 6.07) is 19.6. The lowest BCUT2D eigenvalue weighted by Crippen LogP contribution is -2.40. The molecule has 3 aromatic rings. The molecule has 1 aromatic heterocycles. The minimum Gasteiger partial charge on any atom is -0.354 e. The van der Waals surface area contributed by atoms with E-state index in [0.717, 1.165) is 23.4 Å². The summed E-state index contributed by atoms with van der Waals surface area (Å²) >= 11 is 0. The largest absolute Gasteiger partial charge is 0.354 e. The van der Waals surface area contributed by atoms with Gasteiger partial charge < -0.3 is 14.8 Å². The minimum absolute atomic E-state index is 0.0713. The van der Waals surface area contributed by atoms with Crippen molar-refractivity contribution in [1.82, 2.24) is 14.9 Å². The molecule has 2 heterocycles. The molecule has 0 radical (unpaired) electrons. The highest BCUT2D eigenvalue weighted by molar-refractivity contribution is 5.87. The maximum absolute atomic E-state index is 12.4. The molecule has 1 aliphatic rings. The fraction of sp³-hybridized carbons (Fsp3) is 0.227. The Labute approximate surface area is 164 Å². The fourth-order valence-electron chi connectivity index (χ4n) is 3.56. The third-order valence-corrected chi connectivity index (χ3v) is 5.05. The van der Waals surface area contributed by atoms with E-state index in [2.05, 4.69) is 25.8 Å². The summed E-state index contributed by atoms with van der Waals surface area (Å²) in [4.78, 5) is 18.8. The van der Waals surface area contributed by atoms with E-state index in [4.69, 9.17) is 5.26 Å². The molecule has 0 aliphatic carbocycles. The Balaban J connectivity index is 1.58. The van der Waals surface area contributed by atoms with E-state index in [1.807, 2.05) is 67.1 Å². The Kier molecular flexibility index (Phi) is 5.07. The molecule has 2 aromatic carbocycles. The number of nitriles is 1. The topological polar surface area (TPSA) is 74.0 Å². The highest BCUT2D eigenvalue weighted by Crippen LogP contribution is 2.23. The van der Waals surface area contributed by atoms with E-state index in [9.17, 15) is 4.79 Å². The first-order valence-corrected chi connectivity index (χ1v) is 9.32. The van der Waals surface area contributed by atoms with Crippen molar-refractivity contribution in [2.45, 2.75) is 25.6 Å². The number of imidazole rings is 1. The van der Waals surface area contributed by atoms with Crippen LogP contribution < -0.4 is 10.2 Å². The van der Waals surface area contributed by atoms with Gasteiger partial charge in [0.1, 0.15) is 6.04 Å². The van der Waals surface area contributed by atoms with Crippen LogP contribution in [0.25, 0.3) is 0 Å². The third-order valence-electron chi connectivity index (χ3n) is 5.05. The zero-order valence-electron chi connectivity index (χ0n) is 15.5. The molecule has 0 saturated carbocycles. The first-order valence-electron chi connectivity index (χ1n) is 9.32. The molecule has 1 amide bonds. The number of aromatic nitrogens is 2. The molecule has 0 spiro atoms. The van der Waals surface area contributed by atoms with Crippen LogP contribution in [0.2, 0.25) is 0 Å². The molecule has 4 rings (SSSR count). The number of amides is 1. The van der Waals surface area contributed by atoms with Crippen LogP contribution in [0.4, 0.5) is 5.69 Å². The lowest BCUT2D eigenvalue weighted by atomic mass is 10.1. The Morgan fingerprint density at radius 3 is 2.64 bits per heavy atom. The standard InChI is InChI=1S/C22H21N5O/c23-12-17-6-8-18(9-7-17)14-26-16-24-13-20(26)15-27(19-4-2-1-3-5-19)21-10-11-25-22(21)28/h1-9,13,16,21H,10-11,14-15H2,(H,25,28)/t21-/m1/s1. The Morgan fingerprint density at radius 1 is 1.18 bits per heavy atom. The monoisotopic (exact) mass is 371 g/mol. The molecule has 140 valence electrons. The van der Waals surface area contributed by atoms with E-state index >= 15 is 0 Å². The highest BCUT2D eigenvalue weighted by Gasteiger charge is 2.31.